The summed E-state index contributed by atoms with van der Waals surface area (Å²) in [4.78, 5) is 35.9. The third-order valence-electron chi connectivity index (χ3n) is 6.78. The lowest BCUT2D eigenvalue weighted by Crippen LogP contribution is -2.44. The number of rotatable bonds is 11. The summed E-state index contributed by atoms with van der Waals surface area (Å²) < 4.78 is 36.8. The monoisotopic (exact) mass is 654 g/mol. The maximum Gasteiger partial charge on any atom is 0.407 e. The minimum absolute atomic E-state index is 0.0341. The van der Waals surface area contributed by atoms with Gasteiger partial charge in [0.1, 0.15) is 31.4 Å². The highest BCUT2D eigenvalue weighted by atomic mass is 16.7. The average molecular weight is 655 g/mol. The van der Waals surface area contributed by atoms with E-state index in [1.165, 1.54) is 7.11 Å². The van der Waals surface area contributed by atoms with E-state index in [-0.39, 0.29) is 56.6 Å². The molecule has 0 aromatic heterocycles. The molecule has 0 unspecified atom stereocenters. The van der Waals surface area contributed by atoms with E-state index in [0.717, 1.165) is 5.56 Å². The standard InChI is InChI=1S/C20H30N2O6.C12H24N2O4/c1-20(2,3)28-19(24)22-16-10-15(11-17(16)27-13-25-4)21-18(23)26-12-14-8-6-5-7-9-14;1-12(2,3)18-11(15)14-9-5-8(13)6-10(9)17-7-16-4/h5-9,15-17H,10-13H2,1-4H3,(H,21,23)(H,22,24);8-10H,5-7,13H2,1-4H3,(H,14,15)/t15-,16+,17+;8-,9+,10+/m00/s1. The first kappa shape index (κ1) is 39.0. The van der Waals surface area contributed by atoms with Crippen molar-refractivity contribution in [1.82, 2.24) is 16.0 Å². The number of nitrogens with one attached hydrogen (secondary N) is 3. The highest BCUT2D eigenvalue weighted by molar-refractivity contribution is 5.69. The zero-order valence-electron chi connectivity index (χ0n) is 28.5. The van der Waals surface area contributed by atoms with Crippen LogP contribution in [0.2, 0.25) is 0 Å². The molecule has 0 spiro atoms. The van der Waals surface area contributed by atoms with E-state index in [4.69, 9.17) is 38.9 Å². The molecule has 3 amide bonds. The molecule has 2 fully saturated rings. The fourth-order valence-electron chi connectivity index (χ4n) is 4.99. The van der Waals surface area contributed by atoms with Gasteiger partial charge in [-0.15, -0.1) is 0 Å². The molecule has 3 rings (SSSR count). The normalized spacial score (nSPS) is 24.3. The summed E-state index contributed by atoms with van der Waals surface area (Å²) in [5.41, 5.74) is 5.69. The zero-order chi connectivity index (χ0) is 34.3. The van der Waals surface area contributed by atoms with Crippen molar-refractivity contribution >= 4 is 18.3 Å². The van der Waals surface area contributed by atoms with Crippen LogP contribution in [0.4, 0.5) is 14.4 Å². The van der Waals surface area contributed by atoms with Crippen molar-refractivity contribution in [2.45, 2.75) is 121 Å². The number of nitrogens with two attached hydrogens (primary N) is 1. The van der Waals surface area contributed by atoms with Gasteiger partial charge in [-0.25, -0.2) is 14.4 Å². The van der Waals surface area contributed by atoms with Gasteiger partial charge in [-0.3, -0.25) is 0 Å². The molecule has 14 nitrogen and oxygen atoms in total. The summed E-state index contributed by atoms with van der Waals surface area (Å²) in [5, 5.41) is 8.46. The molecule has 6 atom stereocenters. The lowest BCUT2D eigenvalue weighted by atomic mass is 10.2. The molecule has 262 valence electrons. The van der Waals surface area contributed by atoms with E-state index in [1.54, 1.807) is 27.9 Å². The van der Waals surface area contributed by atoms with Crippen LogP contribution in [0.1, 0.15) is 72.8 Å². The van der Waals surface area contributed by atoms with Gasteiger partial charge in [0.25, 0.3) is 0 Å². The summed E-state index contributed by atoms with van der Waals surface area (Å²) in [6.45, 7) is 11.4. The molecule has 1 aromatic carbocycles. The van der Waals surface area contributed by atoms with Crippen molar-refractivity contribution < 1.29 is 47.5 Å². The van der Waals surface area contributed by atoms with E-state index < -0.39 is 29.5 Å². The van der Waals surface area contributed by atoms with Crippen LogP contribution in [0.15, 0.2) is 30.3 Å². The molecule has 46 heavy (non-hydrogen) atoms. The highest BCUT2D eigenvalue weighted by Crippen LogP contribution is 2.24. The second-order valence-electron chi connectivity index (χ2n) is 13.3. The molecule has 2 saturated carbocycles. The Bertz CT molecular complexity index is 1060. The number of ether oxygens (including phenoxy) is 7. The minimum atomic E-state index is -0.593. The van der Waals surface area contributed by atoms with Gasteiger partial charge in [0.15, 0.2) is 0 Å². The van der Waals surface area contributed by atoms with Gasteiger partial charge in [-0.1, -0.05) is 30.3 Å². The van der Waals surface area contributed by atoms with Gasteiger partial charge in [0.05, 0.1) is 24.3 Å². The molecule has 0 heterocycles. The van der Waals surface area contributed by atoms with Crippen molar-refractivity contribution in [2.24, 2.45) is 5.73 Å². The molecule has 0 bridgehead atoms. The maximum absolute atomic E-state index is 12.1. The molecule has 5 N–H and O–H groups in total. The lowest BCUT2D eigenvalue weighted by molar-refractivity contribution is -0.0773. The van der Waals surface area contributed by atoms with Crippen LogP contribution < -0.4 is 21.7 Å². The predicted octanol–water partition coefficient (Wildman–Crippen LogP) is 3.95. The second kappa shape index (κ2) is 18.8. The van der Waals surface area contributed by atoms with Gasteiger partial charge in [0.2, 0.25) is 0 Å². The third-order valence-corrected chi connectivity index (χ3v) is 6.78. The number of alkyl carbamates (subject to hydrolysis) is 3. The molecule has 2 aliphatic rings. The smallest absolute Gasteiger partial charge is 0.407 e. The number of carbonyl (C=O) groups is 3. The summed E-state index contributed by atoms with van der Waals surface area (Å²) in [6, 6.07) is 8.87. The van der Waals surface area contributed by atoms with Crippen LogP contribution in [-0.4, -0.2) is 93.7 Å². The molecular weight excluding hydrogens is 600 g/mol. The molecule has 0 saturated heterocycles. The van der Waals surface area contributed by atoms with Gasteiger partial charge >= 0.3 is 18.3 Å². The molecule has 1 aromatic rings. The van der Waals surface area contributed by atoms with Crippen molar-refractivity contribution in [3.05, 3.63) is 35.9 Å². The van der Waals surface area contributed by atoms with Gasteiger partial charge in [-0.05, 0) is 72.8 Å². The number of benzene rings is 1. The summed E-state index contributed by atoms with van der Waals surface area (Å²) in [6.07, 6.45) is 0.565. The Morgan fingerprint density at radius 2 is 1.22 bits per heavy atom. The molecule has 2 aliphatic carbocycles. The van der Waals surface area contributed by atoms with Crippen molar-refractivity contribution in [2.75, 3.05) is 27.8 Å². The largest absolute Gasteiger partial charge is 0.445 e. The Balaban J connectivity index is 0.000000353. The van der Waals surface area contributed by atoms with E-state index in [9.17, 15) is 14.4 Å². The van der Waals surface area contributed by atoms with Gasteiger partial charge in [0, 0.05) is 26.3 Å². The highest BCUT2D eigenvalue weighted by Gasteiger charge is 2.38. The fourth-order valence-corrected chi connectivity index (χ4v) is 4.99. The first-order valence-electron chi connectivity index (χ1n) is 15.5. The number of hydrogen-bond donors (Lipinski definition) is 4. The third kappa shape index (κ3) is 15.9. The molecule has 0 radical (unpaired) electrons. The Morgan fingerprint density at radius 3 is 1.72 bits per heavy atom. The predicted molar refractivity (Wildman–Crippen MR) is 170 cm³/mol. The average Bonchev–Trinajstić information content (AvgIpc) is 3.48. The Hall–Kier alpha value is -3.17. The quantitative estimate of drug-likeness (QED) is 0.201. The van der Waals surface area contributed by atoms with Crippen LogP contribution in [-0.2, 0) is 39.8 Å². The van der Waals surface area contributed by atoms with Crippen LogP contribution in [0.25, 0.3) is 0 Å². The van der Waals surface area contributed by atoms with Crippen LogP contribution in [0.5, 0.6) is 0 Å². The number of methoxy groups -OCH3 is 2. The number of hydrogen-bond acceptors (Lipinski definition) is 11. The van der Waals surface area contributed by atoms with E-state index in [1.807, 2.05) is 51.1 Å². The van der Waals surface area contributed by atoms with Gasteiger partial charge < -0.3 is 54.8 Å². The molecule has 0 aliphatic heterocycles. The fraction of sp³-hybridized carbons (Fsp3) is 0.719. The zero-order valence-corrected chi connectivity index (χ0v) is 28.5. The van der Waals surface area contributed by atoms with Crippen LogP contribution in [0, 0.1) is 0 Å². The summed E-state index contributed by atoms with van der Waals surface area (Å²) in [7, 11) is 3.09. The molecular formula is C32H54N4O10. The minimum Gasteiger partial charge on any atom is -0.445 e. The topological polar surface area (TPSA) is 178 Å². The first-order valence-corrected chi connectivity index (χ1v) is 15.5. The summed E-state index contributed by atoms with van der Waals surface area (Å²) in [5.74, 6) is 0. The Kier molecular flexibility index (Phi) is 16.0. The first-order chi connectivity index (χ1) is 21.6. The second-order valence-corrected chi connectivity index (χ2v) is 13.3. The molecule has 14 heteroatoms. The summed E-state index contributed by atoms with van der Waals surface area (Å²) >= 11 is 0. The van der Waals surface area contributed by atoms with Crippen LogP contribution in [0.3, 0.4) is 0 Å². The number of amides is 3. The van der Waals surface area contributed by atoms with E-state index in [2.05, 4.69) is 16.0 Å². The maximum atomic E-state index is 12.1. The lowest BCUT2D eigenvalue weighted by Gasteiger charge is -2.24. The van der Waals surface area contributed by atoms with Crippen molar-refractivity contribution in [1.29, 1.82) is 0 Å². The van der Waals surface area contributed by atoms with Crippen LogP contribution >= 0.6 is 0 Å². The number of carbonyl (C=O) groups excluding carboxylic acids is 3. The van der Waals surface area contributed by atoms with E-state index >= 15 is 0 Å². The Morgan fingerprint density at radius 1 is 0.717 bits per heavy atom. The SMILES string of the molecule is COCO[C@@H]1C[C@@H](N)C[C@H]1NC(=O)OC(C)(C)C.COCO[C@@H]1C[C@@H](NC(=O)OCc2ccccc2)C[C@H]1NC(=O)OC(C)(C)C. The van der Waals surface area contributed by atoms with Crippen molar-refractivity contribution in [3.63, 3.8) is 0 Å². The Labute approximate surface area is 272 Å². The van der Waals surface area contributed by atoms with Gasteiger partial charge in [-0.2, -0.15) is 0 Å². The van der Waals surface area contributed by atoms with E-state index in [0.29, 0.717) is 25.7 Å². The van der Waals surface area contributed by atoms with Crippen molar-refractivity contribution in [3.8, 4) is 0 Å².